The molecule has 2 N–H and O–H groups in total. The van der Waals surface area contributed by atoms with E-state index in [4.69, 9.17) is 14.2 Å². The van der Waals surface area contributed by atoms with Crippen molar-refractivity contribution in [1.29, 1.82) is 0 Å². The highest BCUT2D eigenvalue weighted by molar-refractivity contribution is 5.79. The molecule has 0 radical (unpaired) electrons. The maximum atomic E-state index is 5.59. The average molecular weight is 397 g/mol. The van der Waals surface area contributed by atoms with Gasteiger partial charge in [-0.2, -0.15) is 0 Å². The van der Waals surface area contributed by atoms with Crippen LogP contribution in [0.1, 0.15) is 18.1 Å². The van der Waals surface area contributed by atoms with Gasteiger partial charge < -0.3 is 29.7 Å². The number of nitrogens with zero attached hydrogens (tertiary/aromatic N) is 3. The summed E-state index contributed by atoms with van der Waals surface area (Å²) in [5, 5.41) is 6.64. The number of aromatic nitrogens is 1. The number of fused-ring (bicyclic) bond motifs is 1. The molecular formula is C21H27N5O3. The van der Waals surface area contributed by atoms with Gasteiger partial charge in [0.05, 0.1) is 12.7 Å². The summed E-state index contributed by atoms with van der Waals surface area (Å²) in [6, 6.07) is 10.1. The zero-order chi connectivity index (χ0) is 20.1. The summed E-state index contributed by atoms with van der Waals surface area (Å²) in [5.74, 6) is 3.30. The Hall–Kier alpha value is -3.00. The van der Waals surface area contributed by atoms with Gasteiger partial charge in [-0.3, -0.25) is 4.99 Å². The van der Waals surface area contributed by atoms with Gasteiger partial charge in [-0.1, -0.05) is 12.1 Å². The Labute approximate surface area is 170 Å². The zero-order valence-corrected chi connectivity index (χ0v) is 16.9. The molecule has 0 spiro atoms. The van der Waals surface area contributed by atoms with E-state index < -0.39 is 0 Å². The van der Waals surface area contributed by atoms with Gasteiger partial charge >= 0.3 is 0 Å². The molecule has 0 amide bonds. The predicted octanol–water partition coefficient (Wildman–Crippen LogP) is 1.90. The minimum absolute atomic E-state index is 0.242. The SMILES string of the molecule is CN=C(NCc1ccc(N2CCOC(C)C2)nc1)NCc1ccc2c(c1)OCO2. The number of hydrogen-bond acceptors (Lipinski definition) is 6. The highest BCUT2D eigenvalue weighted by Crippen LogP contribution is 2.32. The lowest BCUT2D eigenvalue weighted by Gasteiger charge is -2.32. The highest BCUT2D eigenvalue weighted by atomic mass is 16.7. The molecule has 2 aliphatic heterocycles. The predicted molar refractivity (Wildman–Crippen MR) is 111 cm³/mol. The van der Waals surface area contributed by atoms with Crippen LogP contribution in [0.2, 0.25) is 0 Å². The molecule has 0 saturated carbocycles. The van der Waals surface area contributed by atoms with Gasteiger partial charge in [0, 0.05) is 39.4 Å². The third-order valence-electron chi connectivity index (χ3n) is 4.95. The number of nitrogens with one attached hydrogen (secondary N) is 2. The first-order valence-corrected chi connectivity index (χ1v) is 9.86. The minimum atomic E-state index is 0.242. The van der Waals surface area contributed by atoms with Crippen LogP contribution in [0.15, 0.2) is 41.5 Å². The Kier molecular flexibility index (Phi) is 6.00. The van der Waals surface area contributed by atoms with Crippen molar-refractivity contribution in [3.05, 3.63) is 47.7 Å². The van der Waals surface area contributed by atoms with Crippen LogP contribution in [0.5, 0.6) is 11.5 Å². The second kappa shape index (κ2) is 9.00. The Morgan fingerprint density at radius 3 is 2.69 bits per heavy atom. The monoisotopic (exact) mass is 397 g/mol. The van der Waals surface area contributed by atoms with Crippen molar-refractivity contribution in [2.75, 3.05) is 38.4 Å². The topological polar surface area (TPSA) is 80.2 Å². The molecule has 4 rings (SSSR count). The van der Waals surface area contributed by atoms with Crippen molar-refractivity contribution in [2.24, 2.45) is 4.99 Å². The molecule has 3 heterocycles. The molecule has 1 fully saturated rings. The molecule has 1 unspecified atom stereocenters. The van der Waals surface area contributed by atoms with E-state index in [1.54, 1.807) is 7.05 Å². The molecule has 154 valence electrons. The van der Waals surface area contributed by atoms with Crippen LogP contribution in [0.3, 0.4) is 0 Å². The first-order valence-electron chi connectivity index (χ1n) is 9.86. The molecule has 8 nitrogen and oxygen atoms in total. The molecule has 2 aliphatic rings. The molecule has 1 atom stereocenters. The summed E-state index contributed by atoms with van der Waals surface area (Å²) in [7, 11) is 1.76. The van der Waals surface area contributed by atoms with Gasteiger partial charge in [-0.25, -0.2) is 4.98 Å². The second-order valence-corrected chi connectivity index (χ2v) is 7.12. The quantitative estimate of drug-likeness (QED) is 0.589. The Bertz CT molecular complexity index is 856. The molecule has 1 aromatic heterocycles. The number of aliphatic imine (C=N–C) groups is 1. The van der Waals surface area contributed by atoms with E-state index in [2.05, 4.69) is 44.6 Å². The summed E-state index contributed by atoms with van der Waals surface area (Å²) >= 11 is 0. The van der Waals surface area contributed by atoms with Gasteiger partial charge in [0.15, 0.2) is 17.5 Å². The Morgan fingerprint density at radius 2 is 1.93 bits per heavy atom. The van der Waals surface area contributed by atoms with Crippen molar-refractivity contribution >= 4 is 11.8 Å². The fraction of sp³-hybridized carbons (Fsp3) is 0.429. The minimum Gasteiger partial charge on any atom is -0.454 e. The third kappa shape index (κ3) is 4.89. The highest BCUT2D eigenvalue weighted by Gasteiger charge is 2.17. The fourth-order valence-corrected chi connectivity index (χ4v) is 3.38. The van der Waals surface area contributed by atoms with Crippen LogP contribution in [0.25, 0.3) is 0 Å². The maximum absolute atomic E-state index is 5.59. The van der Waals surface area contributed by atoms with E-state index in [0.717, 1.165) is 54.1 Å². The van der Waals surface area contributed by atoms with E-state index in [-0.39, 0.29) is 12.9 Å². The van der Waals surface area contributed by atoms with Crippen molar-refractivity contribution in [3.8, 4) is 11.5 Å². The van der Waals surface area contributed by atoms with Gasteiger partial charge in [0.25, 0.3) is 0 Å². The molecule has 0 bridgehead atoms. The lowest BCUT2D eigenvalue weighted by Crippen LogP contribution is -2.41. The largest absolute Gasteiger partial charge is 0.454 e. The number of anilines is 1. The molecule has 29 heavy (non-hydrogen) atoms. The van der Waals surface area contributed by atoms with Gasteiger partial charge in [-0.15, -0.1) is 0 Å². The number of guanidine groups is 1. The number of ether oxygens (including phenoxy) is 3. The smallest absolute Gasteiger partial charge is 0.231 e. The lowest BCUT2D eigenvalue weighted by atomic mass is 10.2. The van der Waals surface area contributed by atoms with Crippen LogP contribution < -0.4 is 25.0 Å². The van der Waals surface area contributed by atoms with Crippen LogP contribution in [-0.4, -0.2) is 50.6 Å². The normalized spacial score (nSPS) is 18.6. The van der Waals surface area contributed by atoms with E-state index in [9.17, 15) is 0 Å². The van der Waals surface area contributed by atoms with Crippen LogP contribution in [0, 0.1) is 0 Å². The lowest BCUT2D eigenvalue weighted by molar-refractivity contribution is 0.0529. The number of benzene rings is 1. The van der Waals surface area contributed by atoms with Crippen LogP contribution >= 0.6 is 0 Å². The number of morpholine rings is 1. The molecule has 0 aliphatic carbocycles. The zero-order valence-electron chi connectivity index (χ0n) is 16.9. The Morgan fingerprint density at radius 1 is 1.14 bits per heavy atom. The number of hydrogen-bond donors (Lipinski definition) is 2. The van der Waals surface area contributed by atoms with Crippen LogP contribution in [0.4, 0.5) is 5.82 Å². The van der Waals surface area contributed by atoms with Gasteiger partial charge in [0.1, 0.15) is 5.82 Å². The van der Waals surface area contributed by atoms with Gasteiger partial charge in [-0.05, 0) is 36.2 Å². The third-order valence-corrected chi connectivity index (χ3v) is 4.95. The van der Waals surface area contributed by atoms with Crippen LogP contribution in [-0.2, 0) is 17.8 Å². The Balaban J connectivity index is 1.27. The van der Waals surface area contributed by atoms with E-state index >= 15 is 0 Å². The molecule has 2 aromatic rings. The molecule has 8 heteroatoms. The summed E-state index contributed by atoms with van der Waals surface area (Å²) in [6.07, 6.45) is 2.15. The molecule has 1 saturated heterocycles. The first kappa shape index (κ1) is 19.3. The van der Waals surface area contributed by atoms with Crippen molar-refractivity contribution in [1.82, 2.24) is 15.6 Å². The van der Waals surface area contributed by atoms with E-state index in [1.165, 1.54) is 0 Å². The summed E-state index contributed by atoms with van der Waals surface area (Å²) < 4.78 is 16.4. The van der Waals surface area contributed by atoms with Crippen molar-refractivity contribution in [2.45, 2.75) is 26.1 Å². The van der Waals surface area contributed by atoms with E-state index in [1.807, 2.05) is 24.4 Å². The number of rotatable bonds is 5. The van der Waals surface area contributed by atoms with Gasteiger partial charge in [0.2, 0.25) is 6.79 Å². The van der Waals surface area contributed by atoms with Crippen molar-refractivity contribution in [3.63, 3.8) is 0 Å². The molecular weight excluding hydrogens is 370 g/mol. The molecule has 1 aromatic carbocycles. The van der Waals surface area contributed by atoms with Crippen molar-refractivity contribution < 1.29 is 14.2 Å². The fourth-order valence-electron chi connectivity index (χ4n) is 3.38. The maximum Gasteiger partial charge on any atom is 0.231 e. The average Bonchev–Trinajstić information content (AvgIpc) is 3.22. The summed E-state index contributed by atoms with van der Waals surface area (Å²) in [4.78, 5) is 11.2. The number of pyridine rings is 1. The summed E-state index contributed by atoms with van der Waals surface area (Å²) in [6.45, 7) is 6.17. The summed E-state index contributed by atoms with van der Waals surface area (Å²) in [5.41, 5.74) is 2.20. The van der Waals surface area contributed by atoms with E-state index in [0.29, 0.717) is 13.1 Å². The standard InChI is InChI=1S/C21H27N5O3/c1-15-13-26(7-8-27-15)20-6-4-17(11-23-20)12-25-21(22-2)24-10-16-3-5-18-19(9-16)29-14-28-18/h3-6,9,11,15H,7-8,10,12-14H2,1-2H3,(H2,22,24,25). The first-order chi connectivity index (χ1) is 14.2. The second-order valence-electron chi connectivity index (χ2n) is 7.12.